The largest absolute Gasteiger partial charge is 0.325 e. The Bertz CT molecular complexity index is 633. The van der Waals surface area contributed by atoms with Gasteiger partial charge >= 0.3 is 0 Å². The quantitative estimate of drug-likeness (QED) is 0.716. The second kappa shape index (κ2) is 9.78. The van der Waals surface area contributed by atoms with Gasteiger partial charge in [-0.25, -0.2) is 4.98 Å². The Kier molecular flexibility index (Phi) is 7.71. The maximum absolute atomic E-state index is 12.1. The highest BCUT2D eigenvalue weighted by molar-refractivity contribution is 7.98. The van der Waals surface area contributed by atoms with E-state index in [4.69, 9.17) is 5.73 Å². The maximum Gasteiger partial charge on any atom is 0.241 e. The van der Waals surface area contributed by atoms with Crippen molar-refractivity contribution in [3.05, 3.63) is 46.4 Å². The molecule has 1 aromatic carbocycles. The molecule has 7 heteroatoms. The molecule has 0 saturated carbocycles. The molecular weight excluding hydrogens is 340 g/mol. The van der Waals surface area contributed by atoms with Crippen LogP contribution in [0.5, 0.6) is 0 Å². The lowest BCUT2D eigenvalue weighted by Crippen LogP contribution is -2.36. The maximum atomic E-state index is 12.1. The number of thioether (sulfide) groups is 1. The molecule has 0 bridgehead atoms. The van der Waals surface area contributed by atoms with E-state index in [9.17, 15) is 4.79 Å². The van der Waals surface area contributed by atoms with Crippen molar-refractivity contribution in [2.24, 2.45) is 5.73 Å². The lowest BCUT2D eigenvalue weighted by atomic mass is 10.1. The molecule has 24 heavy (non-hydrogen) atoms. The second-order valence-electron chi connectivity index (χ2n) is 5.73. The summed E-state index contributed by atoms with van der Waals surface area (Å²) in [5.74, 6) is 0.757. The SMILES string of the molecule is CSCC[C@H](N)C(=O)Nc1cccc(CN(C)Cc2cscn2)c1. The van der Waals surface area contributed by atoms with Gasteiger partial charge in [-0.1, -0.05) is 12.1 Å². The Morgan fingerprint density at radius 1 is 1.46 bits per heavy atom. The Hall–Kier alpha value is -1.41. The highest BCUT2D eigenvalue weighted by Crippen LogP contribution is 2.14. The van der Waals surface area contributed by atoms with E-state index in [1.54, 1.807) is 23.1 Å². The summed E-state index contributed by atoms with van der Waals surface area (Å²) in [5, 5.41) is 4.97. The fourth-order valence-corrected chi connectivity index (χ4v) is 3.36. The van der Waals surface area contributed by atoms with Gasteiger partial charge in [0, 0.05) is 24.2 Å². The standard InChI is InChI=1S/C17H24N4OS2/c1-21(10-15-11-24-12-19-15)9-13-4-3-5-14(8-13)20-17(22)16(18)6-7-23-2/h3-5,8,11-12,16H,6-7,9-10,18H2,1-2H3,(H,20,22)/t16-/m0/s1. The fraction of sp³-hybridized carbons (Fsp3) is 0.412. The van der Waals surface area contributed by atoms with Crippen LogP contribution in [0.3, 0.4) is 0 Å². The minimum Gasteiger partial charge on any atom is -0.325 e. The first-order chi connectivity index (χ1) is 11.6. The second-order valence-corrected chi connectivity index (χ2v) is 7.43. The predicted molar refractivity (Wildman–Crippen MR) is 103 cm³/mol. The molecule has 1 atom stereocenters. The first-order valence-electron chi connectivity index (χ1n) is 7.78. The third-order valence-electron chi connectivity index (χ3n) is 3.53. The molecule has 2 aromatic rings. The van der Waals surface area contributed by atoms with E-state index >= 15 is 0 Å². The van der Waals surface area contributed by atoms with Crippen molar-refractivity contribution < 1.29 is 4.79 Å². The molecule has 1 aromatic heterocycles. The lowest BCUT2D eigenvalue weighted by Gasteiger charge is -2.16. The summed E-state index contributed by atoms with van der Waals surface area (Å²) in [6.07, 6.45) is 2.69. The van der Waals surface area contributed by atoms with Gasteiger partial charge in [0.2, 0.25) is 5.91 Å². The first-order valence-corrected chi connectivity index (χ1v) is 10.1. The minimum absolute atomic E-state index is 0.128. The molecule has 0 radical (unpaired) electrons. The zero-order valence-electron chi connectivity index (χ0n) is 14.1. The number of benzene rings is 1. The van der Waals surface area contributed by atoms with E-state index in [-0.39, 0.29) is 5.91 Å². The summed E-state index contributed by atoms with van der Waals surface area (Å²) in [5.41, 5.74) is 10.8. The molecule has 0 spiro atoms. The summed E-state index contributed by atoms with van der Waals surface area (Å²) in [6, 6.07) is 7.43. The summed E-state index contributed by atoms with van der Waals surface area (Å²) < 4.78 is 0. The van der Waals surface area contributed by atoms with Crippen molar-refractivity contribution in [3.8, 4) is 0 Å². The molecule has 3 N–H and O–H groups in total. The molecule has 1 amide bonds. The Balaban J connectivity index is 1.89. The molecule has 0 fully saturated rings. The number of nitrogens with one attached hydrogen (secondary N) is 1. The number of rotatable bonds is 9. The average Bonchev–Trinajstić information content (AvgIpc) is 3.05. The van der Waals surface area contributed by atoms with Gasteiger partial charge in [0.25, 0.3) is 0 Å². The molecule has 0 aliphatic carbocycles. The van der Waals surface area contributed by atoms with E-state index < -0.39 is 6.04 Å². The van der Waals surface area contributed by atoms with Crippen molar-refractivity contribution in [1.82, 2.24) is 9.88 Å². The van der Waals surface area contributed by atoms with E-state index in [1.807, 2.05) is 30.0 Å². The number of nitrogens with two attached hydrogens (primary N) is 1. The summed E-state index contributed by atoms with van der Waals surface area (Å²) in [4.78, 5) is 18.6. The molecule has 0 saturated heterocycles. The van der Waals surface area contributed by atoms with Crippen LogP contribution in [0.15, 0.2) is 35.2 Å². The summed E-state index contributed by atoms with van der Waals surface area (Å²) >= 11 is 3.30. The van der Waals surface area contributed by atoms with E-state index in [0.717, 1.165) is 35.8 Å². The predicted octanol–water partition coefficient (Wildman–Crippen LogP) is 2.79. The molecular formula is C17H24N4OS2. The number of anilines is 1. The Morgan fingerprint density at radius 3 is 3.00 bits per heavy atom. The number of carbonyl (C=O) groups is 1. The lowest BCUT2D eigenvalue weighted by molar-refractivity contribution is -0.117. The summed E-state index contributed by atoms with van der Waals surface area (Å²) in [6.45, 7) is 1.60. The van der Waals surface area contributed by atoms with Crippen molar-refractivity contribution in [1.29, 1.82) is 0 Å². The highest BCUT2D eigenvalue weighted by Gasteiger charge is 2.13. The molecule has 0 unspecified atom stereocenters. The van der Waals surface area contributed by atoms with Gasteiger partial charge < -0.3 is 11.1 Å². The molecule has 1 heterocycles. The average molecular weight is 365 g/mol. The number of amides is 1. The normalized spacial score (nSPS) is 12.3. The number of nitrogens with zero attached hydrogens (tertiary/aromatic N) is 2. The highest BCUT2D eigenvalue weighted by atomic mass is 32.2. The molecule has 130 valence electrons. The summed E-state index contributed by atoms with van der Waals surface area (Å²) in [7, 11) is 2.06. The smallest absolute Gasteiger partial charge is 0.241 e. The molecule has 2 rings (SSSR count). The van der Waals surface area contributed by atoms with Crippen LogP contribution in [0, 0.1) is 0 Å². The first kappa shape index (κ1) is 18.9. The van der Waals surface area contributed by atoms with Gasteiger partial charge in [-0.3, -0.25) is 9.69 Å². The topological polar surface area (TPSA) is 71.2 Å². The van der Waals surface area contributed by atoms with Crippen molar-refractivity contribution in [2.75, 3.05) is 24.4 Å². The van der Waals surface area contributed by atoms with Gasteiger partial charge in [0.1, 0.15) is 0 Å². The van der Waals surface area contributed by atoms with E-state index in [2.05, 4.69) is 33.7 Å². The van der Waals surface area contributed by atoms with Crippen LogP contribution in [-0.4, -0.2) is 40.9 Å². The van der Waals surface area contributed by atoms with Gasteiger partial charge in [0.15, 0.2) is 0 Å². The van der Waals surface area contributed by atoms with Crippen LogP contribution in [-0.2, 0) is 17.9 Å². The number of thiazole rings is 1. The van der Waals surface area contributed by atoms with Gasteiger partial charge in [0.05, 0.1) is 17.2 Å². The van der Waals surface area contributed by atoms with E-state index in [1.165, 1.54) is 0 Å². The van der Waals surface area contributed by atoms with Crippen LogP contribution in [0.25, 0.3) is 0 Å². The number of hydrogen-bond donors (Lipinski definition) is 2. The third kappa shape index (κ3) is 6.24. The number of aromatic nitrogens is 1. The number of carbonyl (C=O) groups excluding carboxylic acids is 1. The zero-order chi connectivity index (χ0) is 17.4. The molecule has 0 aliphatic rings. The monoisotopic (exact) mass is 364 g/mol. The van der Waals surface area contributed by atoms with Crippen molar-refractivity contribution >= 4 is 34.7 Å². The van der Waals surface area contributed by atoms with Crippen LogP contribution >= 0.6 is 23.1 Å². The van der Waals surface area contributed by atoms with Crippen LogP contribution in [0.1, 0.15) is 17.7 Å². The van der Waals surface area contributed by atoms with E-state index in [0.29, 0.717) is 6.42 Å². The van der Waals surface area contributed by atoms with Gasteiger partial charge in [-0.15, -0.1) is 11.3 Å². The Labute approximate surface area is 151 Å². The van der Waals surface area contributed by atoms with Gasteiger partial charge in [-0.2, -0.15) is 11.8 Å². The Morgan fingerprint density at radius 2 is 2.29 bits per heavy atom. The van der Waals surface area contributed by atoms with Gasteiger partial charge in [-0.05, 0) is 43.2 Å². The zero-order valence-corrected chi connectivity index (χ0v) is 15.7. The van der Waals surface area contributed by atoms with Crippen LogP contribution in [0.4, 0.5) is 5.69 Å². The van der Waals surface area contributed by atoms with Crippen molar-refractivity contribution in [3.63, 3.8) is 0 Å². The third-order valence-corrected chi connectivity index (χ3v) is 4.81. The fourth-order valence-electron chi connectivity index (χ4n) is 2.32. The van der Waals surface area contributed by atoms with Crippen LogP contribution < -0.4 is 11.1 Å². The van der Waals surface area contributed by atoms with Crippen molar-refractivity contribution in [2.45, 2.75) is 25.6 Å². The van der Waals surface area contributed by atoms with Crippen LogP contribution in [0.2, 0.25) is 0 Å². The number of hydrogen-bond acceptors (Lipinski definition) is 6. The molecule has 5 nitrogen and oxygen atoms in total. The molecule has 0 aliphatic heterocycles. The minimum atomic E-state index is -0.464.